The molecule has 0 aliphatic carbocycles. The normalized spacial score (nSPS) is 16.2. The monoisotopic (exact) mass is 211 g/mol. The summed E-state index contributed by atoms with van der Waals surface area (Å²) in [7, 11) is 0. The van der Waals surface area contributed by atoms with Crippen LogP contribution in [0.15, 0.2) is 16.8 Å². The average molecular weight is 211 g/mol. The summed E-state index contributed by atoms with van der Waals surface area (Å²) in [6, 6.07) is 0. The van der Waals surface area contributed by atoms with Crippen molar-refractivity contribution >= 4 is 6.21 Å². The number of hydrogen-bond donors (Lipinski definition) is 0. The summed E-state index contributed by atoms with van der Waals surface area (Å²) >= 11 is 0. The fraction of sp³-hybridized carbons (Fsp3) is 0.769. The predicted octanol–water partition coefficient (Wildman–Crippen LogP) is 4.03. The maximum Gasteiger partial charge on any atom is 0.114 e. The largest absolute Gasteiger partial charge is 0.396 e. The predicted molar refractivity (Wildman–Crippen MR) is 67.1 cm³/mol. The second-order valence-electron chi connectivity index (χ2n) is 5.41. The summed E-state index contributed by atoms with van der Waals surface area (Å²) in [4.78, 5) is 5.05. The van der Waals surface area contributed by atoms with E-state index in [0.29, 0.717) is 6.61 Å². The minimum Gasteiger partial charge on any atom is -0.396 e. The molecule has 0 aromatic heterocycles. The van der Waals surface area contributed by atoms with Crippen LogP contribution in [0.5, 0.6) is 0 Å². The van der Waals surface area contributed by atoms with Crippen LogP contribution in [-0.4, -0.2) is 12.8 Å². The van der Waals surface area contributed by atoms with E-state index in [-0.39, 0.29) is 10.8 Å². The summed E-state index contributed by atoms with van der Waals surface area (Å²) in [5.74, 6) is 0. The van der Waals surface area contributed by atoms with Crippen LogP contribution in [0.25, 0.3) is 0 Å². The Hall–Kier alpha value is -0.790. The molecule has 0 spiro atoms. The fourth-order valence-electron chi connectivity index (χ4n) is 1.27. The third kappa shape index (κ3) is 4.50. The lowest BCUT2D eigenvalue weighted by Gasteiger charge is -2.36. The van der Waals surface area contributed by atoms with E-state index in [9.17, 15) is 0 Å². The Morgan fingerprint density at radius 1 is 1.20 bits per heavy atom. The molecule has 1 unspecified atom stereocenters. The van der Waals surface area contributed by atoms with E-state index >= 15 is 0 Å². The van der Waals surface area contributed by atoms with E-state index in [0.717, 1.165) is 0 Å². The maximum atomic E-state index is 5.05. The van der Waals surface area contributed by atoms with Gasteiger partial charge in [0.25, 0.3) is 0 Å². The highest BCUT2D eigenvalue weighted by Gasteiger charge is 2.34. The van der Waals surface area contributed by atoms with Gasteiger partial charge in [-0.05, 0) is 26.2 Å². The van der Waals surface area contributed by atoms with E-state index in [2.05, 4.69) is 52.8 Å². The van der Waals surface area contributed by atoms with E-state index in [1.54, 1.807) is 0 Å². The van der Waals surface area contributed by atoms with Crippen molar-refractivity contribution < 1.29 is 4.84 Å². The lowest BCUT2D eigenvalue weighted by Crippen LogP contribution is -2.32. The zero-order valence-electron chi connectivity index (χ0n) is 11.2. The van der Waals surface area contributed by atoms with E-state index in [4.69, 9.17) is 4.84 Å². The Kier molecular flexibility index (Phi) is 5.06. The van der Waals surface area contributed by atoms with Gasteiger partial charge in [0.05, 0.1) is 6.21 Å². The Labute approximate surface area is 94.4 Å². The molecule has 0 heterocycles. The molecule has 15 heavy (non-hydrogen) atoms. The average Bonchev–Trinajstić information content (AvgIpc) is 2.01. The zero-order valence-corrected chi connectivity index (χ0v) is 11.2. The van der Waals surface area contributed by atoms with Gasteiger partial charge in [-0.3, -0.25) is 0 Å². The molecule has 0 bridgehead atoms. The standard InChI is InChI=1S/C13H25NO/c1-8-15-14-10-13(7,9-11(2)3)12(4,5)6/h9-10H,8H2,1-7H3/b14-10-. The van der Waals surface area contributed by atoms with Gasteiger partial charge >= 0.3 is 0 Å². The van der Waals surface area contributed by atoms with Crippen molar-refractivity contribution in [2.24, 2.45) is 16.0 Å². The van der Waals surface area contributed by atoms with Gasteiger partial charge in [0.15, 0.2) is 0 Å². The van der Waals surface area contributed by atoms with E-state index < -0.39 is 0 Å². The van der Waals surface area contributed by atoms with Crippen LogP contribution in [0.2, 0.25) is 0 Å². The van der Waals surface area contributed by atoms with Crippen LogP contribution < -0.4 is 0 Å². The Bertz CT molecular complexity index is 244. The molecule has 0 aliphatic heterocycles. The summed E-state index contributed by atoms with van der Waals surface area (Å²) < 4.78 is 0. The molecule has 0 radical (unpaired) electrons. The molecule has 0 fully saturated rings. The highest BCUT2D eigenvalue weighted by atomic mass is 16.6. The van der Waals surface area contributed by atoms with Gasteiger partial charge in [0.1, 0.15) is 6.61 Å². The molecule has 88 valence electrons. The van der Waals surface area contributed by atoms with Gasteiger partial charge in [0.2, 0.25) is 0 Å². The van der Waals surface area contributed by atoms with Crippen LogP contribution in [0.4, 0.5) is 0 Å². The number of nitrogens with zero attached hydrogens (tertiary/aromatic N) is 1. The molecule has 0 N–H and O–H groups in total. The summed E-state index contributed by atoms with van der Waals surface area (Å²) in [6.07, 6.45) is 4.15. The fourth-order valence-corrected chi connectivity index (χ4v) is 1.27. The molecule has 0 rings (SSSR count). The van der Waals surface area contributed by atoms with E-state index in [1.165, 1.54) is 5.57 Å². The SMILES string of the molecule is CCO/N=C\C(C)(C=C(C)C)C(C)(C)C. The smallest absolute Gasteiger partial charge is 0.114 e. The summed E-state index contributed by atoms with van der Waals surface area (Å²) in [5.41, 5.74) is 1.36. The number of oxime groups is 1. The molecule has 1 atom stereocenters. The van der Waals surface area contributed by atoms with Crippen LogP contribution in [0.3, 0.4) is 0 Å². The Morgan fingerprint density at radius 2 is 1.73 bits per heavy atom. The molecule has 2 nitrogen and oxygen atoms in total. The minimum absolute atomic E-state index is 0.0684. The molecule has 0 aromatic rings. The van der Waals surface area contributed by atoms with Gasteiger partial charge in [-0.15, -0.1) is 0 Å². The minimum atomic E-state index is -0.0684. The summed E-state index contributed by atoms with van der Waals surface area (Å²) in [6.45, 7) is 15.6. The van der Waals surface area contributed by atoms with Gasteiger partial charge in [-0.1, -0.05) is 44.5 Å². The number of allylic oxidation sites excluding steroid dienone is 2. The second-order valence-corrected chi connectivity index (χ2v) is 5.41. The third-order valence-corrected chi connectivity index (χ3v) is 2.73. The molecule has 0 aliphatic rings. The molecule has 2 heteroatoms. The first-order valence-electron chi connectivity index (χ1n) is 5.55. The molecule has 0 saturated heterocycles. The first-order valence-corrected chi connectivity index (χ1v) is 5.55. The first kappa shape index (κ1) is 14.2. The van der Waals surface area contributed by atoms with Crippen LogP contribution in [0, 0.1) is 10.8 Å². The van der Waals surface area contributed by atoms with Crippen molar-refractivity contribution in [3.8, 4) is 0 Å². The van der Waals surface area contributed by atoms with Gasteiger partial charge in [0, 0.05) is 5.41 Å². The molecular weight excluding hydrogens is 186 g/mol. The van der Waals surface area contributed by atoms with Gasteiger partial charge < -0.3 is 4.84 Å². The topological polar surface area (TPSA) is 21.6 Å². The van der Waals surface area contributed by atoms with Gasteiger partial charge in [-0.2, -0.15) is 0 Å². The number of rotatable bonds is 4. The van der Waals surface area contributed by atoms with Crippen molar-refractivity contribution in [2.75, 3.05) is 6.61 Å². The lowest BCUT2D eigenvalue weighted by molar-refractivity contribution is 0.152. The van der Waals surface area contributed by atoms with Crippen molar-refractivity contribution in [3.63, 3.8) is 0 Å². The number of hydrogen-bond acceptors (Lipinski definition) is 2. The van der Waals surface area contributed by atoms with Crippen molar-refractivity contribution in [2.45, 2.75) is 48.5 Å². The maximum absolute atomic E-state index is 5.05. The Morgan fingerprint density at radius 3 is 2.07 bits per heavy atom. The molecular formula is C13H25NO. The lowest BCUT2D eigenvalue weighted by atomic mass is 9.68. The van der Waals surface area contributed by atoms with Crippen molar-refractivity contribution in [1.82, 2.24) is 0 Å². The highest BCUT2D eigenvalue weighted by Crippen LogP contribution is 2.38. The molecule has 0 amide bonds. The third-order valence-electron chi connectivity index (χ3n) is 2.73. The van der Waals surface area contributed by atoms with E-state index in [1.807, 2.05) is 13.1 Å². The second kappa shape index (κ2) is 5.34. The van der Waals surface area contributed by atoms with Crippen molar-refractivity contribution in [3.05, 3.63) is 11.6 Å². The Balaban J connectivity index is 4.96. The van der Waals surface area contributed by atoms with Gasteiger partial charge in [-0.25, -0.2) is 0 Å². The van der Waals surface area contributed by atoms with Crippen LogP contribution >= 0.6 is 0 Å². The molecule has 0 aromatic carbocycles. The van der Waals surface area contributed by atoms with Crippen molar-refractivity contribution in [1.29, 1.82) is 0 Å². The molecule has 0 saturated carbocycles. The van der Waals surface area contributed by atoms with Crippen LogP contribution in [-0.2, 0) is 4.84 Å². The first-order chi connectivity index (χ1) is 6.73. The summed E-state index contributed by atoms with van der Waals surface area (Å²) in [5, 5.41) is 4.01. The quantitative estimate of drug-likeness (QED) is 0.391. The highest BCUT2D eigenvalue weighted by molar-refractivity contribution is 5.69. The van der Waals surface area contributed by atoms with Crippen LogP contribution in [0.1, 0.15) is 48.5 Å². The zero-order chi connectivity index (χ0) is 12.1.